The molecule has 0 aromatic heterocycles. The van der Waals surface area contributed by atoms with Gasteiger partial charge in [0, 0.05) is 20.6 Å². The highest BCUT2D eigenvalue weighted by Gasteiger charge is 2.36. The van der Waals surface area contributed by atoms with Gasteiger partial charge in [-0.1, -0.05) is 24.3 Å². The van der Waals surface area contributed by atoms with Crippen LogP contribution in [0, 0.1) is 6.92 Å². The Balaban J connectivity index is 2.17. The molecular formula is C14H18O3. The summed E-state index contributed by atoms with van der Waals surface area (Å²) in [7, 11) is 3.27. The standard InChI is InChI=1S/C14H18O3/c1-11-6-4-5-7-12(11)10-14(16-3)9-8-13(15-2)17-14/h4-9,13H,10H2,1-3H3. The summed E-state index contributed by atoms with van der Waals surface area (Å²) in [4.78, 5) is 0. The molecule has 0 N–H and O–H groups in total. The van der Waals surface area contributed by atoms with Crippen molar-refractivity contribution in [3.05, 3.63) is 47.5 Å². The van der Waals surface area contributed by atoms with Crippen LogP contribution in [0.15, 0.2) is 36.4 Å². The van der Waals surface area contributed by atoms with Gasteiger partial charge in [-0.15, -0.1) is 0 Å². The molecule has 0 saturated carbocycles. The monoisotopic (exact) mass is 234 g/mol. The molecular weight excluding hydrogens is 216 g/mol. The minimum Gasteiger partial charge on any atom is -0.352 e. The fourth-order valence-corrected chi connectivity index (χ4v) is 1.99. The van der Waals surface area contributed by atoms with Crippen molar-refractivity contribution in [1.82, 2.24) is 0 Å². The largest absolute Gasteiger partial charge is 0.352 e. The van der Waals surface area contributed by atoms with Crippen LogP contribution in [0.25, 0.3) is 0 Å². The zero-order chi connectivity index (χ0) is 12.3. The maximum Gasteiger partial charge on any atom is 0.194 e. The molecule has 92 valence electrons. The van der Waals surface area contributed by atoms with Crippen LogP contribution in [0.2, 0.25) is 0 Å². The summed E-state index contributed by atoms with van der Waals surface area (Å²) in [6.45, 7) is 2.09. The van der Waals surface area contributed by atoms with Gasteiger partial charge in [0.25, 0.3) is 0 Å². The molecule has 3 nitrogen and oxygen atoms in total. The summed E-state index contributed by atoms with van der Waals surface area (Å²) >= 11 is 0. The topological polar surface area (TPSA) is 27.7 Å². The third-order valence-electron chi connectivity index (χ3n) is 3.10. The average Bonchev–Trinajstić information content (AvgIpc) is 2.76. The molecule has 0 radical (unpaired) electrons. The van der Waals surface area contributed by atoms with Gasteiger partial charge in [0.05, 0.1) is 0 Å². The van der Waals surface area contributed by atoms with E-state index in [4.69, 9.17) is 14.2 Å². The van der Waals surface area contributed by atoms with Gasteiger partial charge in [-0.25, -0.2) is 0 Å². The van der Waals surface area contributed by atoms with Crippen molar-refractivity contribution in [3.63, 3.8) is 0 Å². The molecule has 0 aliphatic carbocycles. The Kier molecular flexibility index (Phi) is 3.62. The first-order valence-electron chi connectivity index (χ1n) is 5.69. The molecule has 2 atom stereocenters. The second-order valence-corrected chi connectivity index (χ2v) is 4.20. The quantitative estimate of drug-likeness (QED) is 0.749. The van der Waals surface area contributed by atoms with Gasteiger partial charge >= 0.3 is 0 Å². The van der Waals surface area contributed by atoms with Crippen LogP contribution in [0.5, 0.6) is 0 Å². The van der Waals surface area contributed by atoms with E-state index in [2.05, 4.69) is 19.1 Å². The molecule has 0 fully saturated rings. The Labute approximate surface area is 102 Å². The number of aryl methyl sites for hydroxylation is 1. The zero-order valence-corrected chi connectivity index (χ0v) is 10.5. The summed E-state index contributed by atoms with van der Waals surface area (Å²) < 4.78 is 16.4. The Morgan fingerprint density at radius 1 is 1.29 bits per heavy atom. The first kappa shape index (κ1) is 12.3. The third-order valence-corrected chi connectivity index (χ3v) is 3.10. The summed E-state index contributed by atoms with van der Waals surface area (Å²) in [5, 5.41) is 0. The maximum atomic E-state index is 5.75. The van der Waals surface area contributed by atoms with Crippen LogP contribution in [-0.4, -0.2) is 26.3 Å². The van der Waals surface area contributed by atoms with Gasteiger partial charge < -0.3 is 14.2 Å². The predicted molar refractivity (Wildman–Crippen MR) is 65.6 cm³/mol. The molecule has 1 aliphatic rings. The summed E-state index contributed by atoms with van der Waals surface area (Å²) in [5.41, 5.74) is 2.46. The van der Waals surface area contributed by atoms with E-state index in [-0.39, 0.29) is 6.29 Å². The molecule has 1 heterocycles. The van der Waals surface area contributed by atoms with E-state index in [0.29, 0.717) is 6.42 Å². The van der Waals surface area contributed by atoms with Crippen LogP contribution >= 0.6 is 0 Å². The minimum absolute atomic E-state index is 0.320. The highest BCUT2D eigenvalue weighted by molar-refractivity contribution is 5.28. The van der Waals surface area contributed by atoms with Crippen LogP contribution in [0.3, 0.4) is 0 Å². The highest BCUT2D eigenvalue weighted by Crippen LogP contribution is 2.29. The fourth-order valence-electron chi connectivity index (χ4n) is 1.99. The van der Waals surface area contributed by atoms with E-state index in [0.717, 1.165) is 0 Å². The van der Waals surface area contributed by atoms with E-state index < -0.39 is 5.79 Å². The normalized spacial score (nSPS) is 27.6. The number of hydrogen-bond donors (Lipinski definition) is 0. The van der Waals surface area contributed by atoms with Gasteiger partial charge in [0.2, 0.25) is 0 Å². The average molecular weight is 234 g/mol. The number of methoxy groups -OCH3 is 2. The number of benzene rings is 1. The minimum atomic E-state index is -0.702. The maximum absolute atomic E-state index is 5.75. The highest BCUT2D eigenvalue weighted by atomic mass is 16.8. The van der Waals surface area contributed by atoms with Crippen molar-refractivity contribution in [2.24, 2.45) is 0 Å². The smallest absolute Gasteiger partial charge is 0.194 e. The van der Waals surface area contributed by atoms with Crippen molar-refractivity contribution >= 4 is 0 Å². The zero-order valence-electron chi connectivity index (χ0n) is 10.5. The lowest BCUT2D eigenvalue weighted by atomic mass is 10.0. The van der Waals surface area contributed by atoms with Gasteiger partial charge in [0.1, 0.15) is 0 Å². The Bertz CT molecular complexity index is 414. The van der Waals surface area contributed by atoms with Crippen LogP contribution in [0.1, 0.15) is 11.1 Å². The van der Waals surface area contributed by atoms with Gasteiger partial charge in [-0.2, -0.15) is 0 Å². The van der Waals surface area contributed by atoms with Crippen LogP contribution < -0.4 is 0 Å². The number of ether oxygens (including phenoxy) is 3. The van der Waals surface area contributed by atoms with Gasteiger partial charge in [-0.05, 0) is 30.2 Å². The summed E-state index contributed by atoms with van der Waals surface area (Å²) in [6.07, 6.45) is 4.17. The second kappa shape index (κ2) is 5.00. The molecule has 3 heteroatoms. The fraction of sp³-hybridized carbons (Fsp3) is 0.429. The first-order valence-corrected chi connectivity index (χ1v) is 5.69. The summed E-state index contributed by atoms with van der Waals surface area (Å²) in [6, 6.07) is 8.23. The van der Waals surface area contributed by atoms with Crippen molar-refractivity contribution < 1.29 is 14.2 Å². The van der Waals surface area contributed by atoms with E-state index in [9.17, 15) is 0 Å². The van der Waals surface area contributed by atoms with E-state index in [1.165, 1.54) is 11.1 Å². The van der Waals surface area contributed by atoms with E-state index in [1.54, 1.807) is 14.2 Å². The number of hydrogen-bond acceptors (Lipinski definition) is 3. The lowest BCUT2D eigenvalue weighted by Crippen LogP contribution is -2.35. The Morgan fingerprint density at radius 2 is 2.06 bits per heavy atom. The van der Waals surface area contributed by atoms with E-state index >= 15 is 0 Å². The predicted octanol–water partition coefficient (Wildman–Crippen LogP) is 2.44. The van der Waals surface area contributed by atoms with Gasteiger partial charge in [-0.3, -0.25) is 0 Å². The van der Waals surface area contributed by atoms with E-state index in [1.807, 2.05) is 24.3 Å². The molecule has 1 aliphatic heterocycles. The summed E-state index contributed by atoms with van der Waals surface area (Å²) in [5.74, 6) is -0.702. The molecule has 0 amide bonds. The van der Waals surface area contributed by atoms with Crippen LogP contribution in [-0.2, 0) is 20.6 Å². The number of rotatable bonds is 4. The molecule has 2 rings (SSSR count). The molecule has 0 saturated heterocycles. The third kappa shape index (κ3) is 2.57. The van der Waals surface area contributed by atoms with Crippen molar-refractivity contribution in [1.29, 1.82) is 0 Å². The molecule has 2 unspecified atom stereocenters. The Hall–Kier alpha value is -1.16. The molecule has 0 spiro atoms. The molecule has 1 aromatic rings. The lowest BCUT2D eigenvalue weighted by Gasteiger charge is -2.27. The van der Waals surface area contributed by atoms with Crippen molar-refractivity contribution in [2.45, 2.75) is 25.4 Å². The van der Waals surface area contributed by atoms with Crippen molar-refractivity contribution in [3.8, 4) is 0 Å². The second-order valence-electron chi connectivity index (χ2n) is 4.20. The lowest BCUT2D eigenvalue weighted by molar-refractivity contribution is -0.241. The first-order chi connectivity index (χ1) is 8.19. The van der Waals surface area contributed by atoms with Crippen molar-refractivity contribution in [2.75, 3.05) is 14.2 Å². The van der Waals surface area contributed by atoms with Gasteiger partial charge in [0.15, 0.2) is 12.1 Å². The SMILES string of the molecule is COC1C=CC(Cc2ccccc2C)(OC)O1. The molecule has 1 aromatic carbocycles. The molecule has 0 bridgehead atoms. The Morgan fingerprint density at radius 3 is 2.65 bits per heavy atom. The van der Waals surface area contributed by atoms with Crippen LogP contribution in [0.4, 0.5) is 0 Å². The molecule has 17 heavy (non-hydrogen) atoms.